The van der Waals surface area contributed by atoms with Crippen LogP contribution in [-0.4, -0.2) is 41.4 Å². The van der Waals surface area contributed by atoms with Gasteiger partial charge in [-0.3, -0.25) is 14.5 Å². The molecule has 1 aliphatic rings. The average Bonchev–Trinajstić information content (AvgIpc) is 3.09. The Bertz CT molecular complexity index is 552. The van der Waals surface area contributed by atoms with Gasteiger partial charge in [0.1, 0.15) is 12.1 Å². The lowest BCUT2D eigenvalue weighted by Gasteiger charge is -2.22. The van der Waals surface area contributed by atoms with E-state index in [1.807, 2.05) is 31.4 Å². The van der Waals surface area contributed by atoms with Crippen molar-refractivity contribution < 1.29 is 14.4 Å². The molecule has 2 heterocycles. The molecule has 4 amide bonds. The first-order valence-corrected chi connectivity index (χ1v) is 8.33. The van der Waals surface area contributed by atoms with Gasteiger partial charge in [-0.15, -0.1) is 11.3 Å². The monoisotopic (exact) mass is 323 g/mol. The zero-order valence-corrected chi connectivity index (χ0v) is 13.7. The highest BCUT2D eigenvalue weighted by Gasteiger charge is 2.49. The summed E-state index contributed by atoms with van der Waals surface area (Å²) < 4.78 is 0. The van der Waals surface area contributed by atoms with E-state index < -0.39 is 11.6 Å². The van der Waals surface area contributed by atoms with Crippen LogP contribution in [0.3, 0.4) is 0 Å². The number of amides is 4. The molecule has 2 N–H and O–H groups in total. The zero-order chi connectivity index (χ0) is 16.2. The van der Waals surface area contributed by atoms with E-state index in [0.29, 0.717) is 19.4 Å². The van der Waals surface area contributed by atoms with Crippen molar-refractivity contribution >= 4 is 29.2 Å². The maximum atomic E-state index is 12.4. The summed E-state index contributed by atoms with van der Waals surface area (Å²) >= 11 is 1.63. The van der Waals surface area contributed by atoms with Crippen molar-refractivity contribution in [1.82, 2.24) is 15.5 Å². The van der Waals surface area contributed by atoms with Crippen LogP contribution in [0.2, 0.25) is 0 Å². The molecule has 2 rings (SSSR count). The third kappa shape index (κ3) is 3.30. The van der Waals surface area contributed by atoms with Gasteiger partial charge in [0.05, 0.1) is 0 Å². The lowest BCUT2D eigenvalue weighted by atomic mass is 9.93. The van der Waals surface area contributed by atoms with Crippen LogP contribution in [0.5, 0.6) is 0 Å². The molecular weight excluding hydrogens is 302 g/mol. The molecule has 7 heteroatoms. The number of carbonyl (C=O) groups excluding carboxylic acids is 3. The van der Waals surface area contributed by atoms with Crippen molar-refractivity contribution in [3.8, 4) is 0 Å². The Morgan fingerprint density at radius 1 is 1.36 bits per heavy atom. The maximum absolute atomic E-state index is 12.4. The maximum Gasteiger partial charge on any atom is 0.325 e. The van der Waals surface area contributed by atoms with Crippen LogP contribution in [0, 0.1) is 0 Å². The summed E-state index contributed by atoms with van der Waals surface area (Å²) in [6.07, 6.45) is 1.78. The second-order valence-corrected chi connectivity index (χ2v) is 6.32. The number of nitrogens with one attached hydrogen (secondary N) is 2. The minimum atomic E-state index is -0.853. The van der Waals surface area contributed by atoms with E-state index in [1.165, 1.54) is 4.88 Å². The predicted molar refractivity (Wildman–Crippen MR) is 84.6 cm³/mol. The molecule has 0 bridgehead atoms. The van der Waals surface area contributed by atoms with Crippen LogP contribution in [0.4, 0.5) is 4.79 Å². The summed E-state index contributed by atoms with van der Waals surface area (Å²) in [4.78, 5) is 38.4. The van der Waals surface area contributed by atoms with Gasteiger partial charge in [-0.1, -0.05) is 19.9 Å². The number of carbonyl (C=O) groups is 3. The van der Waals surface area contributed by atoms with Gasteiger partial charge in [0.2, 0.25) is 5.91 Å². The highest BCUT2D eigenvalue weighted by Crippen LogP contribution is 2.24. The first-order chi connectivity index (χ1) is 10.5. The number of hydrogen-bond acceptors (Lipinski definition) is 4. The predicted octanol–water partition coefficient (Wildman–Crippen LogP) is 1.52. The van der Waals surface area contributed by atoms with Crippen LogP contribution in [0.25, 0.3) is 0 Å². The number of hydrogen-bond donors (Lipinski definition) is 2. The lowest BCUT2D eigenvalue weighted by molar-refractivity contribution is -0.135. The molecule has 22 heavy (non-hydrogen) atoms. The molecule has 0 unspecified atom stereocenters. The lowest BCUT2D eigenvalue weighted by Crippen LogP contribution is -2.46. The van der Waals surface area contributed by atoms with Crippen molar-refractivity contribution in [2.24, 2.45) is 0 Å². The standard InChI is InChI=1S/C15H21N3O3S/c1-3-15(4-2)13(20)18(14(21)17-15)10-12(19)16-8-7-11-6-5-9-22-11/h5-6,9H,3-4,7-8,10H2,1-2H3,(H,16,19)(H,17,21). The van der Waals surface area contributed by atoms with Gasteiger partial charge in [-0.05, 0) is 30.7 Å². The van der Waals surface area contributed by atoms with E-state index in [-0.39, 0.29) is 18.4 Å². The molecule has 0 spiro atoms. The van der Waals surface area contributed by atoms with Crippen LogP contribution in [0.15, 0.2) is 17.5 Å². The van der Waals surface area contributed by atoms with E-state index in [9.17, 15) is 14.4 Å². The van der Waals surface area contributed by atoms with Crippen molar-refractivity contribution in [2.75, 3.05) is 13.1 Å². The Kier molecular flexibility index (Phi) is 5.18. The molecule has 6 nitrogen and oxygen atoms in total. The molecule has 0 aromatic carbocycles. The van der Waals surface area contributed by atoms with Crippen molar-refractivity contribution in [3.63, 3.8) is 0 Å². The average molecular weight is 323 g/mol. The van der Waals surface area contributed by atoms with E-state index in [2.05, 4.69) is 10.6 Å². The second-order valence-electron chi connectivity index (χ2n) is 5.29. The molecular formula is C15H21N3O3S. The summed E-state index contributed by atoms with van der Waals surface area (Å²) in [5, 5.41) is 7.44. The number of rotatable bonds is 7. The molecule has 1 aromatic heterocycles. The molecule has 1 saturated heterocycles. The van der Waals surface area contributed by atoms with E-state index in [1.54, 1.807) is 11.3 Å². The van der Waals surface area contributed by atoms with Crippen molar-refractivity contribution in [1.29, 1.82) is 0 Å². The summed E-state index contributed by atoms with van der Waals surface area (Å²) in [7, 11) is 0. The fraction of sp³-hybridized carbons (Fsp3) is 0.533. The first kappa shape index (κ1) is 16.5. The Morgan fingerprint density at radius 3 is 2.64 bits per heavy atom. The fourth-order valence-corrected chi connectivity index (χ4v) is 3.24. The highest BCUT2D eigenvalue weighted by molar-refractivity contribution is 7.09. The molecule has 1 fully saturated rings. The molecule has 0 saturated carbocycles. The van der Waals surface area contributed by atoms with Gasteiger partial charge in [0, 0.05) is 11.4 Å². The molecule has 1 aliphatic heterocycles. The van der Waals surface area contributed by atoms with Crippen LogP contribution >= 0.6 is 11.3 Å². The van der Waals surface area contributed by atoms with E-state index in [0.717, 1.165) is 11.3 Å². The van der Waals surface area contributed by atoms with Gasteiger partial charge in [0.25, 0.3) is 5.91 Å². The highest BCUT2D eigenvalue weighted by atomic mass is 32.1. The van der Waals surface area contributed by atoms with E-state index in [4.69, 9.17) is 0 Å². The number of imide groups is 1. The van der Waals surface area contributed by atoms with Crippen LogP contribution in [-0.2, 0) is 16.0 Å². The van der Waals surface area contributed by atoms with Crippen LogP contribution < -0.4 is 10.6 Å². The summed E-state index contributed by atoms with van der Waals surface area (Å²) in [5.74, 6) is -0.626. The summed E-state index contributed by atoms with van der Waals surface area (Å²) in [6, 6.07) is 3.48. The molecule has 0 radical (unpaired) electrons. The fourth-order valence-electron chi connectivity index (χ4n) is 2.53. The van der Waals surface area contributed by atoms with Gasteiger partial charge >= 0.3 is 6.03 Å². The van der Waals surface area contributed by atoms with E-state index >= 15 is 0 Å². The van der Waals surface area contributed by atoms with Crippen molar-refractivity contribution in [3.05, 3.63) is 22.4 Å². The first-order valence-electron chi connectivity index (χ1n) is 7.45. The quantitative estimate of drug-likeness (QED) is 0.747. The largest absolute Gasteiger partial charge is 0.354 e. The number of thiophene rings is 1. The SMILES string of the molecule is CCC1(CC)NC(=O)N(CC(=O)NCCc2cccs2)C1=O. The molecule has 120 valence electrons. The minimum absolute atomic E-state index is 0.225. The number of urea groups is 1. The summed E-state index contributed by atoms with van der Waals surface area (Å²) in [5.41, 5.74) is -0.853. The Labute approximate surface area is 133 Å². The second kappa shape index (κ2) is 6.91. The molecule has 0 atom stereocenters. The van der Waals surface area contributed by atoms with Gasteiger partial charge in [-0.25, -0.2) is 4.79 Å². The number of nitrogens with zero attached hydrogens (tertiary/aromatic N) is 1. The van der Waals surface area contributed by atoms with Crippen molar-refractivity contribution in [2.45, 2.75) is 38.6 Å². The third-order valence-corrected chi connectivity index (χ3v) is 4.96. The van der Waals surface area contributed by atoms with Crippen LogP contribution in [0.1, 0.15) is 31.6 Å². The Balaban J connectivity index is 1.86. The van der Waals surface area contributed by atoms with Gasteiger partial charge < -0.3 is 10.6 Å². The Hall–Kier alpha value is -1.89. The molecule has 0 aliphatic carbocycles. The van der Waals surface area contributed by atoms with Gasteiger partial charge in [0.15, 0.2) is 0 Å². The zero-order valence-electron chi connectivity index (χ0n) is 12.8. The third-order valence-electron chi connectivity index (χ3n) is 4.03. The smallest absolute Gasteiger partial charge is 0.325 e. The Morgan fingerprint density at radius 2 is 2.09 bits per heavy atom. The normalized spacial score (nSPS) is 16.7. The topological polar surface area (TPSA) is 78.5 Å². The minimum Gasteiger partial charge on any atom is -0.354 e. The summed E-state index contributed by atoms with van der Waals surface area (Å²) in [6.45, 7) is 3.98. The molecule has 1 aromatic rings. The van der Waals surface area contributed by atoms with Gasteiger partial charge in [-0.2, -0.15) is 0 Å².